The van der Waals surface area contributed by atoms with E-state index in [1.165, 1.54) is 0 Å². The van der Waals surface area contributed by atoms with Crippen molar-refractivity contribution in [3.8, 4) is 0 Å². The number of halogens is 3. The minimum atomic E-state index is -5.36. The van der Waals surface area contributed by atoms with Crippen LogP contribution in [0.5, 0.6) is 0 Å². The van der Waals surface area contributed by atoms with E-state index in [4.69, 9.17) is 0 Å². The molecule has 0 spiro atoms. The van der Waals surface area contributed by atoms with Crippen molar-refractivity contribution in [1.29, 1.82) is 0 Å². The molecular weight excluding hydrogens is 237 g/mol. The van der Waals surface area contributed by atoms with Gasteiger partial charge in [-0.25, -0.2) is 8.42 Å². The summed E-state index contributed by atoms with van der Waals surface area (Å²) >= 11 is 0. The van der Waals surface area contributed by atoms with Gasteiger partial charge in [-0.2, -0.15) is 17.5 Å². The normalized spacial score (nSPS) is 28.7. The molecule has 2 unspecified atom stereocenters. The van der Waals surface area contributed by atoms with E-state index in [9.17, 15) is 26.7 Å². The highest BCUT2D eigenvalue weighted by Gasteiger charge is 2.51. The van der Waals surface area contributed by atoms with Crippen molar-refractivity contribution in [2.24, 2.45) is 0 Å². The molecule has 1 saturated heterocycles. The van der Waals surface area contributed by atoms with Crippen molar-refractivity contribution in [1.82, 2.24) is 9.62 Å². The number of rotatable bonds is 2. The largest absolute Gasteiger partial charge is 0.511 e. The summed E-state index contributed by atoms with van der Waals surface area (Å²) in [6.45, 7) is 0.0926. The second-order valence-corrected chi connectivity index (χ2v) is 5.25. The van der Waals surface area contributed by atoms with Crippen molar-refractivity contribution in [2.45, 2.75) is 17.7 Å². The number of alkyl halides is 3. The zero-order chi connectivity index (χ0) is 11.9. The third-order valence-corrected chi connectivity index (χ3v) is 3.90. The molecule has 1 heterocycles. The highest BCUT2D eigenvalue weighted by Crippen LogP contribution is 2.28. The summed E-state index contributed by atoms with van der Waals surface area (Å²) in [6, 6.07) is -1.07. The first kappa shape index (κ1) is 12.7. The third kappa shape index (κ3) is 2.25. The molecule has 5 nitrogen and oxygen atoms in total. The minimum absolute atomic E-state index is 0.00692. The van der Waals surface area contributed by atoms with Crippen molar-refractivity contribution in [3.63, 3.8) is 0 Å². The fourth-order valence-corrected chi connectivity index (χ4v) is 2.26. The number of aliphatic hydroxyl groups is 1. The smallest absolute Gasteiger partial charge is 0.390 e. The molecule has 2 N–H and O–H groups in total. The molecule has 0 aromatic rings. The maximum absolute atomic E-state index is 12.1. The van der Waals surface area contributed by atoms with Crippen LogP contribution in [0, 0.1) is 0 Å². The Balaban J connectivity index is 2.89. The number of nitrogens with zero attached hydrogens (tertiary/aromatic N) is 1. The number of hydrogen-bond donors (Lipinski definition) is 2. The Morgan fingerprint density at radius 1 is 1.40 bits per heavy atom. The lowest BCUT2D eigenvalue weighted by molar-refractivity contribution is -0.0501. The maximum Gasteiger partial charge on any atom is 0.511 e. The number of aliphatic hydroxyl groups excluding tert-OH is 1. The summed E-state index contributed by atoms with van der Waals surface area (Å²) < 4.78 is 58.5. The Bertz CT molecular complexity index is 329. The lowest BCUT2D eigenvalue weighted by Gasteiger charge is -2.26. The zero-order valence-corrected chi connectivity index (χ0v) is 8.64. The molecule has 90 valence electrons. The van der Waals surface area contributed by atoms with Crippen LogP contribution in [0.25, 0.3) is 0 Å². The van der Waals surface area contributed by atoms with Crippen LogP contribution in [0.3, 0.4) is 0 Å². The van der Waals surface area contributed by atoms with E-state index in [1.54, 1.807) is 0 Å². The van der Waals surface area contributed by atoms with Crippen molar-refractivity contribution in [2.75, 3.05) is 20.1 Å². The van der Waals surface area contributed by atoms with Gasteiger partial charge in [0.2, 0.25) is 0 Å². The Morgan fingerprint density at radius 3 is 2.27 bits per heavy atom. The molecule has 0 radical (unpaired) electrons. The zero-order valence-electron chi connectivity index (χ0n) is 7.82. The first-order valence-corrected chi connectivity index (χ1v) is 5.55. The van der Waals surface area contributed by atoms with Crippen LogP contribution in [0.2, 0.25) is 0 Å². The number of likely N-dealkylation sites (N-methyl/N-ethyl adjacent to an activating group) is 1. The van der Waals surface area contributed by atoms with Gasteiger partial charge >= 0.3 is 15.5 Å². The molecule has 1 aliphatic rings. The molecule has 1 rings (SSSR count). The van der Waals surface area contributed by atoms with E-state index in [0.717, 1.165) is 7.05 Å². The molecule has 0 aromatic carbocycles. The molecule has 2 atom stereocenters. The van der Waals surface area contributed by atoms with Crippen LogP contribution in [0.1, 0.15) is 0 Å². The van der Waals surface area contributed by atoms with Crippen LogP contribution in [-0.4, -0.2) is 55.6 Å². The van der Waals surface area contributed by atoms with Gasteiger partial charge in [-0.05, 0) is 0 Å². The summed E-state index contributed by atoms with van der Waals surface area (Å²) in [4.78, 5) is 0. The van der Waals surface area contributed by atoms with Gasteiger partial charge in [0.15, 0.2) is 0 Å². The van der Waals surface area contributed by atoms with Gasteiger partial charge in [-0.15, -0.1) is 0 Å². The summed E-state index contributed by atoms with van der Waals surface area (Å²) in [5.41, 5.74) is -5.33. The van der Waals surface area contributed by atoms with E-state index in [1.807, 2.05) is 0 Å². The Hall–Kier alpha value is -0.380. The second-order valence-electron chi connectivity index (χ2n) is 3.26. The fraction of sp³-hybridized carbons (Fsp3) is 1.00. The highest BCUT2D eigenvalue weighted by molar-refractivity contribution is 7.90. The summed E-state index contributed by atoms with van der Waals surface area (Å²) in [6.07, 6.45) is -1.12. The van der Waals surface area contributed by atoms with E-state index in [-0.39, 0.29) is 17.4 Å². The number of sulfonamides is 1. The molecule has 0 aromatic heterocycles. The first-order valence-electron chi connectivity index (χ1n) is 4.11. The quantitative estimate of drug-likeness (QED) is 0.664. The molecule has 0 saturated carbocycles. The van der Waals surface area contributed by atoms with Gasteiger partial charge in [-0.3, -0.25) is 0 Å². The lowest BCUT2D eigenvalue weighted by atomic mass is 10.2. The standard InChI is InChI=1S/C6H11F3N2O3S/c1-11(4-2-10-3-5(4)12)15(13,14)6(7,8)9/h4-5,10,12H,2-3H2,1H3. The molecule has 1 aliphatic heterocycles. The van der Waals surface area contributed by atoms with E-state index >= 15 is 0 Å². The number of nitrogens with one attached hydrogen (secondary N) is 1. The van der Waals surface area contributed by atoms with Gasteiger partial charge in [0, 0.05) is 20.1 Å². The van der Waals surface area contributed by atoms with Crippen LogP contribution in [0.15, 0.2) is 0 Å². The molecule has 9 heteroatoms. The van der Waals surface area contributed by atoms with Gasteiger partial charge in [0.25, 0.3) is 0 Å². The average molecular weight is 248 g/mol. The summed E-state index contributed by atoms with van der Waals surface area (Å²) in [5.74, 6) is 0. The lowest BCUT2D eigenvalue weighted by Crippen LogP contribution is -2.48. The number of hydrogen-bond acceptors (Lipinski definition) is 4. The predicted octanol–water partition coefficient (Wildman–Crippen LogP) is -0.899. The Kier molecular flexibility index (Phi) is 3.29. The maximum atomic E-state index is 12.1. The second kappa shape index (κ2) is 3.89. The summed E-state index contributed by atoms with van der Waals surface area (Å²) in [7, 11) is -4.55. The van der Waals surface area contributed by atoms with Crippen LogP contribution >= 0.6 is 0 Å². The number of β-amino-alcohol motifs (C(OH)–C–C–N with tert-alkyl or cyclic N) is 1. The molecule has 0 bridgehead atoms. The van der Waals surface area contributed by atoms with Crippen LogP contribution < -0.4 is 5.32 Å². The third-order valence-electron chi connectivity index (χ3n) is 2.29. The van der Waals surface area contributed by atoms with Gasteiger partial charge < -0.3 is 10.4 Å². The van der Waals surface area contributed by atoms with Gasteiger partial charge in [0.1, 0.15) is 0 Å². The monoisotopic (exact) mass is 248 g/mol. The molecule has 15 heavy (non-hydrogen) atoms. The van der Waals surface area contributed by atoms with Gasteiger partial charge in [-0.1, -0.05) is 0 Å². The minimum Gasteiger partial charge on any atom is -0.390 e. The molecule has 0 amide bonds. The summed E-state index contributed by atoms with van der Waals surface area (Å²) in [5, 5.41) is 11.9. The first-order chi connectivity index (χ1) is 6.68. The van der Waals surface area contributed by atoms with E-state index < -0.39 is 27.7 Å². The fourth-order valence-electron chi connectivity index (χ4n) is 1.36. The SMILES string of the molecule is CN(C1CNCC1O)S(=O)(=O)C(F)(F)F. The average Bonchev–Trinajstić information content (AvgIpc) is 2.48. The van der Waals surface area contributed by atoms with E-state index in [2.05, 4.69) is 5.32 Å². The molecule has 0 aliphatic carbocycles. The van der Waals surface area contributed by atoms with Crippen molar-refractivity contribution >= 4 is 10.0 Å². The predicted molar refractivity (Wildman–Crippen MR) is 45.4 cm³/mol. The van der Waals surface area contributed by atoms with Crippen LogP contribution in [0.4, 0.5) is 13.2 Å². The topological polar surface area (TPSA) is 69.6 Å². The van der Waals surface area contributed by atoms with E-state index in [0.29, 0.717) is 0 Å². The van der Waals surface area contributed by atoms with Crippen molar-refractivity contribution < 1.29 is 26.7 Å². The van der Waals surface area contributed by atoms with Gasteiger partial charge in [0.05, 0.1) is 12.1 Å². The van der Waals surface area contributed by atoms with Crippen LogP contribution in [-0.2, 0) is 10.0 Å². The highest BCUT2D eigenvalue weighted by atomic mass is 32.2. The Labute approximate surface area is 84.9 Å². The Morgan fingerprint density at radius 2 is 1.93 bits per heavy atom. The molecular formula is C6H11F3N2O3S. The van der Waals surface area contributed by atoms with Crippen molar-refractivity contribution in [3.05, 3.63) is 0 Å². The molecule has 1 fully saturated rings.